The SMILES string of the molecule is CC(=O)Nc1cccc(-c2sc(C)nc2C(=O)O)c1. The molecule has 1 aromatic carbocycles. The Kier molecular flexibility index (Phi) is 3.62. The maximum absolute atomic E-state index is 11.1. The van der Waals surface area contributed by atoms with Crippen molar-refractivity contribution >= 4 is 28.9 Å². The Morgan fingerprint density at radius 3 is 2.74 bits per heavy atom. The van der Waals surface area contributed by atoms with Crippen LogP contribution in [0.3, 0.4) is 0 Å². The predicted molar refractivity (Wildman–Crippen MR) is 73.6 cm³/mol. The summed E-state index contributed by atoms with van der Waals surface area (Å²) in [7, 11) is 0. The highest BCUT2D eigenvalue weighted by molar-refractivity contribution is 7.15. The van der Waals surface area contributed by atoms with Crippen LogP contribution in [0, 0.1) is 6.92 Å². The first-order chi connectivity index (χ1) is 8.97. The number of hydrogen-bond donors (Lipinski definition) is 2. The van der Waals surface area contributed by atoms with Crippen molar-refractivity contribution in [2.75, 3.05) is 5.32 Å². The lowest BCUT2D eigenvalue weighted by Crippen LogP contribution is -2.05. The topological polar surface area (TPSA) is 79.3 Å². The molecule has 0 aliphatic carbocycles. The van der Waals surface area contributed by atoms with Crippen LogP contribution in [0.4, 0.5) is 5.69 Å². The molecule has 19 heavy (non-hydrogen) atoms. The number of rotatable bonds is 3. The van der Waals surface area contributed by atoms with Crippen LogP contribution in [0.1, 0.15) is 22.4 Å². The van der Waals surface area contributed by atoms with Crippen LogP contribution in [0.25, 0.3) is 10.4 Å². The zero-order valence-corrected chi connectivity index (χ0v) is 11.2. The summed E-state index contributed by atoms with van der Waals surface area (Å²) in [6.45, 7) is 3.18. The van der Waals surface area contributed by atoms with Crippen molar-refractivity contribution in [3.63, 3.8) is 0 Å². The van der Waals surface area contributed by atoms with Gasteiger partial charge in [0.15, 0.2) is 5.69 Å². The first-order valence-electron chi connectivity index (χ1n) is 5.56. The van der Waals surface area contributed by atoms with E-state index in [4.69, 9.17) is 5.11 Å². The second-order valence-electron chi connectivity index (χ2n) is 3.98. The van der Waals surface area contributed by atoms with Gasteiger partial charge in [0.2, 0.25) is 5.91 Å². The minimum atomic E-state index is -1.05. The standard InChI is InChI=1S/C13H12N2O3S/c1-7(16)14-10-5-3-4-9(6-10)12-11(13(17)18)15-8(2)19-12/h3-6H,1-2H3,(H,14,16)(H,17,18). The van der Waals surface area contributed by atoms with E-state index in [-0.39, 0.29) is 11.6 Å². The molecule has 0 radical (unpaired) electrons. The zero-order chi connectivity index (χ0) is 14.0. The molecule has 6 heteroatoms. The lowest BCUT2D eigenvalue weighted by Gasteiger charge is -2.04. The van der Waals surface area contributed by atoms with E-state index in [9.17, 15) is 9.59 Å². The summed E-state index contributed by atoms with van der Waals surface area (Å²) in [5.74, 6) is -1.22. The third-order valence-electron chi connectivity index (χ3n) is 2.38. The molecule has 0 bridgehead atoms. The molecule has 0 saturated carbocycles. The van der Waals surface area contributed by atoms with Crippen molar-refractivity contribution in [1.29, 1.82) is 0 Å². The third-order valence-corrected chi connectivity index (χ3v) is 3.40. The van der Waals surface area contributed by atoms with Crippen LogP contribution in [-0.4, -0.2) is 22.0 Å². The molecule has 2 N–H and O–H groups in total. The van der Waals surface area contributed by atoms with E-state index in [0.29, 0.717) is 15.6 Å². The van der Waals surface area contributed by atoms with Crippen molar-refractivity contribution < 1.29 is 14.7 Å². The van der Waals surface area contributed by atoms with Crippen LogP contribution >= 0.6 is 11.3 Å². The van der Waals surface area contributed by atoms with Crippen LogP contribution in [0.5, 0.6) is 0 Å². The summed E-state index contributed by atoms with van der Waals surface area (Å²) in [5.41, 5.74) is 1.41. The fourth-order valence-electron chi connectivity index (χ4n) is 1.71. The van der Waals surface area contributed by atoms with Gasteiger partial charge in [-0.3, -0.25) is 4.79 Å². The van der Waals surface area contributed by atoms with E-state index in [2.05, 4.69) is 10.3 Å². The summed E-state index contributed by atoms with van der Waals surface area (Å²) in [6.07, 6.45) is 0. The molecule has 0 aliphatic rings. The predicted octanol–water partition coefficient (Wildman–Crippen LogP) is 2.78. The molecule has 2 aromatic rings. The minimum Gasteiger partial charge on any atom is -0.476 e. The first kappa shape index (κ1) is 13.2. The molecule has 2 rings (SSSR count). The second-order valence-corrected chi connectivity index (χ2v) is 5.18. The van der Waals surface area contributed by atoms with Gasteiger partial charge < -0.3 is 10.4 Å². The van der Waals surface area contributed by atoms with Crippen molar-refractivity contribution in [3.8, 4) is 10.4 Å². The lowest BCUT2D eigenvalue weighted by molar-refractivity contribution is -0.114. The van der Waals surface area contributed by atoms with Crippen molar-refractivity contribution in [2.45, 2.75) is 13.8 Å². The van der Waals surface area contributed by atoms with Gasteiger partial charge in [-0.05, 0) is 24.6 Å². The molecule has 98 valence electrons. The number of carboxylic acid groups (broad SMARTS) is 1. The summed E-state index contributed by atoms with van der Waals surface area (Å²) in [5, 5.41) is 12.5. The summed E-state index contributed by atoms with van der Waals surface area (Å²) in [6, 6.07) is 7.05. The maximum Gasteiger partial charge on any atom is 0.356 e. The van der Waals surface area contributed by atoms with Gasteiger partial charge >= 0.3 is 5.97 Å². The maximum atomic E-state index is 11.1. The van der Waals surface area contributed by atoms with Crippen molar-refractivity contribution in [1.82, 2.24) is 4.98 Å². The number of amides is 1. The molecule has 1 amide bonds. The molecule has 0 saturated heterocycles. The van der Waals surface area contributed by atoms with Crippen LogP contribution in [0.2, 0.25) is 0 Å². The van der Waals surface area contributed by atoms with Gasteiger partial charge in [0.25, 0.3) is 0 Å². The number of aromatic nitrogens is 1. The number of nitrogens with one attached hydrogen (secondary N) is 1. The smallest absolute Gasteiger partial charge is 0.356 e. The molecule has 0 aliphatic heterocycles. The molecular weight excluding hydrogens is 264 g/mol. The highest BCUT2D eigenvalue weighted by atomic mass is 32.1. The van der Waals surface area contributed by atoms with Gasteiger partial charge in [0.1, 0.15) is 0 Å². The second kappa shape index (κ2) is 5.19. The average molecular weight is 276 g/mol. The normalized spacial score (nSPS) is 10.2. The number of carbonyl (C=O) groups is 2. The van der Waals surface area contributed by atoms with Gasteiger partial charge in [0.05, 0.1) is 9.88 Å². The summed E-state index contributed by atoms with van der Waals surface area (Å²) in [4.78, 5) is 26.8. The number of carboxylic acids is 1. The first-order valence-corrected chi connectivity index (χ1v) is 6.38. The van der Waals surface area contributed by atoms with Gasteiger partial charge in [-0.2, -0.15) is 0 Å². The number of thiazole rings is 1. The van der Waals surface area contributed by atoms with Crippen LogP contribution in [0.15, 0.2) is 24.3 Å². The van der Waals surface area contributed by atoms with Crippen LogP contribution < -0.4 is 5.32 Å². The van der Waals surface area contributed by atoms with E-state index >= 15 is 0 Å². The number of aromatic carboxylic acids is 1. The summed E-state index contributed by atoms with van der Waals surface area (Å²) < 4.78 is 0. The Balaban J connectivity index is 2.47. The third kappa shape index (κ3) is 2.97. The average Bonchev–Trinajstić information content (AvgIpc) is 2.71. The van der Waals surface area contributed by atoms with E-state index in [1.165, 1.54) is 18.3 Å². The van der Waals surface area contributed by atoms with Crippen molar-refractivity contribution in [2.24, 2.45) is 0 Å². The van der Waals surface area contributed by atoms with Gasteiger partial charge in [-0.25, -0.2) is 9.78 Å². The molecule has 1 heterocycles. The number of hydrogen-bond acceptors (Lipinski definition) is 4. The van der Waals surface area contributed by atoms with Crippen molar-refractivity contribution in [3.05, 3.63) is 35.0 Å². The van der Waals surface area contributed by atoms with E-state index in [1.807, 2.05) is 0 Å². The summed E-state index contributed by atoms with van der Waals surface area (Å²) >= 11 is 1.32. The Morgan fingerprint density at radius 2 is 2.11 bits per heavy atom. The van der Waals surface area contributed by atoms with Gasteiger partial charge in [-0.1, -0.05) is 12.1 Å². The van der Waals surface area contributed by atoms with Gasteiger partial charge in [-0.15, -0.1) is 11.3 Å². The van der Waals surface area contributed by atoms with E-state index < -0.39 is 5.97 Å². The number of nitrogens with zero attached hydrogens (tertiary/aromatic N) is 1. The Labute approximate surface area is 113 Å². The molecular formula is C13H12N2O3S. The minimum absolute atomic E-state index is 0.0440. The molecule has 0 atom stereocenters. The largest absolute Gasteiger partial charge is 0.476 e. The number of anilines is 1. The molecule has 0 unspecified atom stereocenters. The quantitative estimate of drug-likeness (QED) is 0.903. The molecule has 1 aromatic heterocycles. The number of carbonyl (C=O) groups excluding carboxylic acids is 1. The van der Waals surface area contributed by atoms with Crippen LogP contribution in [-0.2, 0) is 4.79 Å². The highest BCUT2D eigenvalue weighted by Gasteiger charge is 2.17. The molecule has 0 spiro atoms. The zero-order valence-electron chi connectivity index (χ0n) is 10.4. The number of aryl methyl sites for hydroxylation is 1. The Bertz CT molecular complexity index is 649. The van der Waals surface area contributed by atoms with E-state index in [1.54, 1.807) is 31.2 Å². The number of benzene rings is 1. The highest BCUT2D eigenvalue weighted by Crippen LogP contribution is 2.31. The molecule has 5 nitrogen and oxygen atoms in total. The molecule has 0 fully saturated rings. The Morgan fingerprint density at radius 1 is 1.37 bits per heavy atom. The fraction of sp³-hybridized carbons (Fsp3) is 0.154. The van der Waals surface area contributed by atoms with E-state index in [0.717, 1.165) is 5.56 Å². The Hall–Kier alpha value is -2.21. The van der Waals surface area contributed by atoms with Gasteiger partial charge in [0, 0.05) is 12.6 Å². The lowest BCUT2D eigenvalue weighted by atomic mass is 10.1. The fourth-order valence-corrected chi connectivity index (χ4v) is 2.62. The monoisotopic (exact) mass is 276 g/mol.